The summed E-state index contributed by atoms with van der Waals surface area (Å²) in [6.45, 7) is 3.76. The Bertz CT molecular complexity index is 640. The van der Waals surface area contributed by atoms with Crippen LogP contribution in [0.2, 0.25) is 0 Å². The van der Waals surface area contributed by atoms with E-state index in [1.54, 1.807) is 30.3 Å². The minimum atomic E-state index is -0.987. The highest BCUT2D eigenvalue weighted by Gasteiger charge is 2.13. The number of nitrogens with one attached hydrogen (secondary N) is 1. The van der Waals surface area contributed by atoms with Gasteiger partial charge in [-0.3, -0.25) is 0 Å². The largest absolute Gasteiger partial charge is 0.478 e. The molecule has 0 saturated carbocycles. The molecule has 0 fully saturated rings. The average Bonchev–Trinajstić information content (AvgIpc) is 2.38. The Balaban J connectivity index is 2.29. The molecule has 4 heteroatoms. The first-order valence-corrected chi connectivity index (χ1v) is 6.33. The van der Waals surface area contributed by atoms with Crippen molar-refractivity contribution < 1.29 is 14.3 Å². The van der Waals surface area contributed by atoms with Crippen LogP contribution in [0.1, 0.15) is 34.5 Å². The van der Waals surface area contributed by atoms with Crippen LogP contribution in [0.3, 0.4) is 0 Å². The highest BCUT2D eigenvalue weighted by atomic mass is 19.1. The van der Waals surface area contributed by atoms with Gasteiger partial charge in [0.1, 0.15) is 5.82 Å². The number of hydrogen-bond donors (Lipinski definition) is 2. The summed E-state index contributed by atoms with van der Waals surface area (Å²) in [6, 6.07) is 11.2. The van der Waals surface area contributed by atoms with E-state index >= 15 is 0 Å². The maximum atomic E-state index is 13.2. The fraction of sp³-hybridized carbons (Fsp3) is 0.188. The molecule has 0 spiro atoms. The smallest absolute Gasteiger partial charge is 0.337 e. The molecule has 0 radical (unpaired) electrons. The molecule has 20 heavy (non-hydrogen) atoms. The summed E-state index contributed by atoms with van der Waals surface area (Å²) in [7, 11) is 0. The molecule has 0 aromatic heterocycles. The van der Waals surface area contributed by atoms with Crippen molar-refractivity contribution in [3.63, 3.8) is 0 Å². The number of aromatic carboxylic acids is 1. The first-order chi connectivity index (χ1) is 9.47. The molecule has 2 N–H and O–H groups in total. The predicted octanol–water partition coefficient (Wildman–Crippen LogP) is 4.01. The van der Waals surface area contributed by atoms with Gasteiger partial charge in [-0.15, -0.1) is 0 Å². The number of anilines is 1. The van der Waals surface area contributed by atoms with Gasteiger partial charge in [0.25, 0.3) is 0 Å². The van der Waals surface area contributed by atoms with E-state index in [1.807, 2.05) is 13.8 Å². The van der Waals surface area contributed by atoms with Gasteiger partial charge in [-0.2, -0.15) is 0 Å². The molecule has 3 nitrogen and oxygen atoms in total. The number of hydrogen-bond acceptors (Lipinski definition) is 2. The molecule has 2 aromatic rings. The van der Waals surface area contributed by atoms with Crippen LogP contribution in [-0.2, 0) is 0 Å². The molecule has 0 bridgehead atoms. The van der Waals surface area contributed by atoms with Gasteiger partial charge in [-0.05, 0) is 49.2 Å². The van der Waals surface area contributed by atoms with E-state index in [1.165, 1.54) is 12.1 Å². The maximum absolute atomic E-state index is 13.2. The van der Waals surface area contributed by atoms with E-state index < -0.39 is 5.97 Å². The zero-order valence-corrected chi connectivity index (χ0v) is 11.4. The molecule has 1 atom stereocenters. The Kier molecular flexibility index (Phi) is 4.03. The third-order valence-corrected chi connectivity index (χ3v) is 3.13. The second-order valence-corrected chi connectivity index (χ2v) is 4.78. The Morgan fingerprint density at radius 2 is 2.00 bits per heavy atom. The summed E-state index contributed by atoms with van der Waals surface area (Å²) in [5.74, 6) is -1.29. The molecule has 104 valence electrons. The second kappa shape index (κ2) is 5.74. The standard InChI is InChI=1S/C16H16FNO2/c1-10-6-7-14(16(19)20)15(8-10)18-11(2)12-4-3-5-13(17)9-12/h3-9,11,18H,1-2H3,(H,19,20). The zero-order valence-electron chi connectivity index (χ0n) is 11.4. The predicted molar refractivity (Wildman–Crippen MR) is 76.6 cm³/mol. The molecule has 0 aliphatic rings. The fourth-order valence-electron chi connectivity index (χ4n) is 2.06. The molecule has 0 amide bonds. The highest BCUT2D eigenvalue weighted by Crippen LogP contribution is 2.24. The summed E-state index contributed by atoms with van der Waals surface area (Å²) in [6.07, 6.45) is 0. The van der Waals surface area contributed by atoms with Gasteiger partial charge in [0.15, 0.2) is 0 Å². The molecule has 0 heterocycles. The molecule has 2 aromatic carbocycles. The van der Waals surface area contributed by atoms with Crippen molar-refractivity contribution in [3.8, 4) is 0 Å². The number of rotatable bonds is 4. The lowest BCUT2D eigenvalue weighted by molar-refractivity contribution is 0.0698. The van der Waals surface area contributed by atoms with Crippen LogP contribution in [0.4, 0.5) is 10.1 Å². The summed E-state index contributed by atoms with van der Waals surface area (Å²) < 4.78 is 13.2. The van der Waals surface area contributed by atoms with Gasteiger partial charge in [0.2, 0.25) is 0 Å². The second-order valence-electron chi connectivity index (χ2n) is 4.78. The van der Waals surface area contributed by atoms with Crippen LogP contribution < -0.4 is 5.32 Å². The summed E-state index contributed by atoms with van der Waals surface area (Å²) in [5.41, 5.74) is 2.47. The van der Waals surface area contributed by atoms with Crippen LogP contribution in [0.5, 0.6) is 0 Å². The minimum absolute atomic E-state index is 0.189. The van der Waals surface area contributed by atoms with E-state index in [2.05, 4.69) is 5.32 Å². The average molecular weight is 273 g/mol. The van der Waals surface area contributed by atoms with E-state index in [0.717, 1.165) is 11.1 Å². The first-order valence-electron chi connectivity index (χ1n) is 6.33. The number of halogens is 1. The molecule has 2 rings (SSSR count). The maximum Gasteiger partial charge on any atom is 0.337 e. The Labute approximate surface area is 117 Å². The fourth-order valence-corrected chi connectivity index (χ4v) is 2.06. The van der Waals surface area contributed by atoms with Gasteiger partial charge in [0, 0.05) is 11.7 Å². The molecule has 1 unspecified atom stereocenters. The van der Waals surface area contributed by atoms with Crippen LogP contribution in [0.15, 0.2) is 42.5 Å². The summed E-state index contributed by atoms with van der Waals surface area (Å²) in [4.78, 5) is 11.2. The molecular weight excluding hydrogens is 257 g/mol. The third-order valence-electron chi connectivity index (χ3n) is 3.13. The molecular formula is C16H16FNO2. The zero-order chi connectivity index (χ0) is 14.7. The summed E-state index contributed by atoms with van der Waals surface area (Å²) >= 11 is 0. The topological polar surface area (TPSA) is 49.3 Å². The van der Waals surface area contributed by atoms with Gasteiger partial charge in [-0.25, -0.2) is 9.18 Å². The van der Waals surface area contributed by atoms with Crippen molar-refractivity contribution in [2.75, 3.05) is 5.32 Å². The van der Waals surface area contributed by atoms with Crippen LogP contribution in [0, 0.1) is 12.7 Å². The third kappa shape index (κ3) is 3.15. The van der Waals surface area contributed by atoms with Crippen molar-refractivity contribution in [2.24, 2.45) is 0 Å². The number of carboxylic acids is 1. The minimum Gasteiger partial charge on any atom is -0.478 e. The van der Waals surface area contributed by atoms with Gasteiger partial charge >= 0.3 is 5.97 Å². The van der Waals surface area contributed by atoms with Crippen molar-refractivity contribution in [1.29, 1.82) is 0 Å². The quantitative estimate of drug-likeness (QED) is 0.885. The van der Waals surface area contributed by atoms with E-state index in [0.29, 0.717) is 5.69 Å². The number of carboxylic acid groups (broad SMARTS) is 1. The van der Waals surface area contributed by atoms with Crippen molar-refractivity contribution in [3.05, 3.63) is 65.0 Å². The Morgan fingerprint density at radius 1 is 1.25 bits per heavy atom. The van der Waals surface area contributed by atoms with Crippen molar-refractivity contribution in [2.45, 2.75) is 19.9 Å². The van der Waals surface area contributed by atoms with E-state index in [-0.39, 0.29) is 17.4 Å². The number of benzene rings is 2. The first kappa shape index (κ1) is 14.1. The highest BCUT2D eigenvalue weighted by molar-refractivity contribution is 5.94. The lowest BCUT2D eigenvalue weighted by Crippen LogP contribution is -2.11. The normalized spacial score (nSPS) is 11.9. The lowest BCUT2D eigenvalue weighted by Gasteiger charge is -2.18. The number of carbonyl (C=O) groups is 1. The Morgan fingerprint density at radius 3 is 2.65 bits per heavy atom. The van der Waals surface area contributed by atoms with Crippen molar-refractivity contribution >= 4 is 11.7 Å². The summed E-state index contributed by atoms with van der Waals surface area (Å²) in [5, 5.41) is 12.3. The van der Waals surface area contributed by atoms with E-state index in [9.17, 15) is 14.3 Å². The van der Waals surface area contributed by atoms with E-state index in [4.69, 9.17) is 0 Å². The van der Waals surface area contributed by atoms with Gasteiger partial charge < -0.3 is 10.4 Å². The van der Waals surface area contributed by atoms with Crippen molar-refractivity contribution in [1.82, 2.24) is 0 Å². The van der Waals surface area contributed by atoms with Gasteiger partial charge in [-0.1, -0.05) is 18.2 Å². The van der Waals surface area contributed by atoms with Gasteiger partial charge in [0.05, 0.1) is 5.56 Å². The monoisotopic (exact) mass is 273 g/mol. The van der Waals surface area contributed by atoms with Crippen LogP contribution in [0.25, 0.3) is 0 Å². The lowest BCUT2D eigenvalue weighted by atomic mass is 10.1. The molecule has 0 aliphatic carbocycles. The molecule has 0 aliphatic heterocycles. The van der Waals surface area contributed by atoms with Crippen LogP contribution in [-0.4, -0.2) is 11.1 Å². The number of aryl methyl sites for hydroxylation is 1. The SMILES string of the molecule is Cc1ccc(C(=O)O)c(NC(C)c2cccc(F)c2)c1. The Hall–Kier alpha value is -2.36. The van der Waals surface area contributed by atoms with Crippen LogP contribution >= 0.6 is 0 Å². The molecule has 0 saturated heterocycles.